The third kappa shape index (κ3) is 3.15. The molecule has 0 unspecified atom stereocenters. The zero-order chi connectivity index (χ0) is 19.0. The quantitative estimate of drug-likeness (QED) is 0.527. The molecule has 2 heterocycles. The van der Waals surface area contributed by atoms with E-state index >= 15 is 0 Å². The highest BCUT2D eigenvalue weighted by molar-refractivity contribution is 7.15. The van der Waals surface area contributed by atoms with Gasteiger partial charge in [0.1, 0.15) is 11.5 Å². The fraction of sp³-hybridized carbons (Fsp3) is 0.105. The number of ether oxygens (including phenoxy) is 2. The first kappa shape index (κ1) is 17.5. The summed E-state index contributed by atoms with van der Waals surface area (Å²) in [7, 11) is 3.17. The summed E-state index contributed by atoms with van der Waals surface area (Å²) in [5.74, 6) is 1.75. The molecule has 2 aromatic carbocycles. The fourth-order valence-electron chi connectivity index (χ4n) is 2.68. The van der Waals surface area contributed by atoms with Crippen molar-refractivity contribution in [2.75, 3.05) is 14.2 Å². The standard InChI is InChI=1S/C19H14ClN3O3S/c1-25-12-7-8-15(26-2)11(9-12)10-16-18(24)23-19(27-16)21-17(22-23)13-5-3-4-6-14(13)20/h3-10H,1-2H3/b16-10-. The molecule has 4 rings (SSSR count). The molecule has 0 spiro atoms. The third-order valence-corrected chi connectivity index (χ3v) is 5.31. The Morgan fingerprint density at radius 1 is 1.15 bits per heavy atom. The molecule has 0 aliphatic rings. The monoisotopic (exact) mass is 399 g/mol. The van der Waals surface area contributed by atoms with E-state index in [-0.39, 0.29) is 5.56 Å². The average Bonchev–Trinajstić information content (AvgIpc) is 3.22. The lowest BCUT2D eigenvalue weighted by molar-refractivity contribution is 0.402. The molecule has 0 N–H and O–H groups in total. The first-order valence-electron chi connectivity index (χ1n) is 7.99. The van der Waals surface area contributed by atoms with E-state index < -0.39 is 0 Å². The lowest BCUT2D eigenvalue weighted by Gasteiger charge is -2.06. The second kappa shape index (κ2) is 7.02. The summed E-state index contributed by atoms with van der Waals surface area (Å²) >= 11 is 7.45. The van der Waals surface area contributed by atoms with Gasteiger partial charge in [-0.1, -0.05) is 35.1 Å². The average molecular weight is 400 g/mol. The van der Waals surface area contributed by atoms with Gasteiger partial charge in [-0.2, -0.15) is 9.50 Å². The van der Waals surface area contributed by atoms with E-state index in [4.69, 9.17) is 21.1 Å². The van der Waals surface area contributed by atoms with Crippen LogP contribution < -0.4 is 19.6 Å². The van der Waals surface area contributed by atoms with Gasteiger partial charge in [-0.25, -0.2) is 0 Å². The van der Waals surface area contributed by atoms with Crippen molar-refractivity contribution < 1.29 is 9.47 Å². The molecule has 0 aliphatic heterocycles. The van der Waals surface area contributed by atoms with Crippen molar-refractivity contribution in [3.63, 3.8) is 0 Å². The molecule has 0 aliphatic carbocycles. The van der Waals surface area contributed by atoms with Crippen molar-refractivity contribution in [2.24, 2.45) is 0 Å². The molecular formula is C19H14ClN3O3S. The molecule has 0 saturated carbocycles. The summed E-state index contributed by atoms with van der Waals surface area (Å²) in [4.78, 5) is 17.7. The maximum absolute atomic E-state index is 12.8. The minimum Gasteiger partial charge on any atom is -0.497 e. The number of fused-ring (bicyclic) bond motifs is 1. The zero-order valence-electron chi connectivity index (χ0n) is 14.5. The van der Waals surface area contributed by atoms with Gasteiger partial charge in [0, 0.05) is 11.1 Å². The number of hydrogen-bond acceptors (Lipinski definition) is 6. The maximum Gasteiger partial charge on any atom is 0.291 e. The summed E-state index contributed by atoms with van der Waals surface area (Å²) in [5, 5.41) is 4.86. The number of rotatable bonds is 4. The van der Waals surface area contributed by atoms with Crippen molar-refractivity contribution in [2.45, 2.75) is 0 Å². The SMILES string of the molecule is COc1ccc(OC)c(/C=c2\sc3nc(-c4ccccc4Cl)nn3c2=O)c1. The number of thiazole rings is 1. The van der Waals surface area contributed by atoms with E-state index in [1.165, 1.54) is 15.9 Å². The smallest absolute Gasteiger partial charge is 0.291 e. The normalized spacial score (nSPS) is 11.9. The van der Waals surface area contributed by atoms with Crippen LogP contribution in [0.15, 0.2) is 47.3 Å². The number of benzene rings is 2. The van der Waals surface area contributed by atoms with Crippen molar-refractivity contribution in [1.29, 1.82) is 0 Å². The van der Waals surface area contributed by atoms with Crippen molar-refractivity contribution in [3.8, 4) is 22.9 Å². The van der Waals surface area contributed by atoms with E-state index in [0.717, 1.165) is 5.56 Å². The van der Waals surface area contributed by atoms with Crippen LogP contribution in [0.25, 0.3) is 22.4 Å². The molecule has 0 saturated heterocycles. The van der Waals surface area contributed by atoms with Crippen LogP contribution in [0, 0.1) is 0 Å². The van der Waals surface area contributed by atoms with Crippen molar-refractivity contribution in [3.05, 3.63) is 67.9 Å². The van der Waals surface area contributed by atoms with Gasteiger partial charge in [-0.15, -0.1) is 5.10 Å². The third-order valence-electron chi connectivity index (χ3n) is 4.02. The topological polar surface area (TPSA) is 65.7 Å². The van der Waals surface area contributed by atoms with E-state index in [1.807, 2.05) is 24.3 Å². The van der Waals surface area contributed by atoms with Crippen molar-refractivity contribution in [1.82, 2.24) is 14.6 Å². The summed E-state index contributed by atoms with van der Waals surface area (Å²) in [6.07, 6.45) is 1.75. The van der Waals surface area contributed by atoms with Gasteiger partial charge in [0.15, 0.2) is 5.82 Å². The molecule has 0 radical (unpaired) electrons. The number of nitrogens with zero attached hydrogens (tertiary/aromatic N) is 3. The Hall–Kier alpha value is -2.90. The highest BCUT2D eigenvalue weighted by Gasteiger charge is 2.14. The van der Waals surface area contributed by atoms with E-state index in [9.17, 15) is 4.79 Å². The molecule has 8 heteroatoms. The van der Waals surface area contributed by atoms with E-state index in [1.54, 1.807) is 38.5 Å². The Morgan fingerprint density at radius 2 is 1.96 bits per heavy atom. The summed E-state index contributed by atoms with van der Waals surface area (Å²) in [6.45, 7) is 0. The molecular weight excluding hydrogens is 386 g/mol. The number of aromatic nitrogens is 3. The van der Waals surface area contributed by atoms with Crippen LogP contribution in [0.5, 0.6) is 11.5 Å². The van der Waals surface area contributed by atoms with Crippen LogP contribution in [-0.4, -0.2) is 28.8 Å². The number of hydrogen-bond donors (Lipinski definition) is 0. The first-order valence-corrected chi connectivity index (χ1v) is 9.18. The van der Waals surface area contributed by atoms with Crippen LogP contribution >= 0.6 is 22.9 Å². The van der Waals surface area contributed by atoms with Crippen LogP contribution in [0.2, 0.25) is 5.02 Å². The van der Waals surface area contributed by atoms with Crippen molar-refractivity contribution >= 4 is 34.0 Å². The fourth-order valence-corrected chi connectivity index (χ4v) is 3.80. The van der Waals surface area contributed by atoms with Gasteiger partial charge in [-0.05, 0) is 36.4 Å². The summed E-state index contributed by atoms with van der Waals surface area (Å²) in [5.41, 5.74) is 1.19. The molecule has 0 atom stereocenters. The molecule has 0 amide bonds. The Labute approximate surface area is 163 Å². The van der Waals surface area contributed by atoms with Gasteiger partial charge in [0.25, 0.3) is 5.56 Å². The summed E-state index contributed by atoms with van der Waals surface area (Å²) in [6, 6.07) is 12.7. The van der Waals surface area contributed by atoms with E-state index in [2.05, 4.69) is 10.1 Å². The Balaban J connectivity index is 1.85. The van der Waals surface area contributed by atoms with Crippen LogP contribution in [0.4, 0.5) is 0 Å². The van der Waals surface area contributed by atoms with Gasteiger partial charge in [0.05, 0.1) is 23.8 Å². The molecule has 2 aromatic heterocycles. The van der Waals surface area contributed by atoms with E-state index in [0.29, 0.717) is 37.4 Å². The van der Waals surface area contributed by atoms with Crippen LogP contribution in [-0.2, 0) is 0 Å². The highest BCUT2D eigenvalue weighted by atomic mass is 35.5. The van der Waals surface area contributed by atoms with Crippen LogP contribution in [0.1, 0.15) is 5.56 Å². The minimum atomic E-state index is -0.245. The zero-order valence-corrected chi connectivity index (χ0v) is 16.0. The highest BCUT2D eigenvalue weighted by Crippen LogP contribution is 2.26. The molecule has 0 fully saturated rings. The largest absolute Gasteiger partial charge is 0.497 e. The summed E-state index contributed by atoms with van der Waals surface area (Å²) < 4.78 is 12.4. The molecule has 0 bridgehead atoms. The molecule has 4 aromatic rings. The van der Waals surface area contributed by atoms with Gasteiger partial charge < -0.3 is 9.47 Å². The predicted octanol–water partition coefficient (Wildman–Crippen LogP) is 3.04. The minimum absolute atomic E-state index is 0.245. The Bertz CT molecular complexity index is 1250. The molecule has 136 valence electrons. The number of methoxy groups -OCH3 is 2. The van der Waals surface area contributed by atoms with Gasteiger partial charge in [-0.3, -0.25) is 4.79 Å². The van der Waals surface area contributed by atoms with Gasteiger partial charge in [0.2, 0.25) is 4.96 Å². The first-order chi connectivity index (χ1) is 13.1. The lowest BCUT2D eigenvalue weighted by Crippen LogP contribution is -2.23. The Kier molecular flexibility index (Phi) is 4.55. The predicted molar refractivity (Wildman–Crippen MR) is 106 cm³/mol. The molecule has 6 nitrogen and oxygen atoms in total. The lowest BCUT2D eigenvalue weighted by atomic mass is 10.2. The second-order valence-electron chi connectivity index (χ2n) is 5.63. The maximum atomic E-state index is 12.8. The molecule has 27 heavy (non-hydrogen) atoms. The van der Waals surface area contributed by atoms with Crippen LogP contribution in [0.3, 0.4) is 0 Å². The Morgan fingerprint density at radius 3 is 2.67 bits per heavy atom. The number of halogens is 1. The van der Waals surface area contributed by atoms with Gasteiger partial charge >= 0.3 is 0 Å². The second-order valence-corrected chi connectivity index (χ2v) is 7.05.